The molecule has 2 aliphatic carbocycles. The smallest absolute Gasteiger partial charge is 0.310 e. The maximum absolute atomic E-state index is 12.1. The first-order valence-electron chi connectivity index (χ1n) is 8.30. The van der Waals surface area contributed by atoms with Crippen LogP contribution in [0.1, 0.15) is 70.6 Å². The minimum atomic E-state index is -0.826. The fraction of sp³-hybridized carbons (Fsp3) is 0.765. The summed E-state index contributed by atoms with van der Waals surface area (Å²) in [4.78, 5) is 23.8. The van der Waals surface area contributed by atoms with Gasteiger partial charge < -0.3 is 10.4 Å². The van der Waals surface area contributed by atoms with Gasteiger partial charge in [0, 0.05) is 13.0 Å². The Bertz CT molecular complexity index is 406. The lowest BCUT2D eigenvalue weighted by Gasteiger charge is -2.27. The molecule has 2 N–H and O–H groups in total. The molecule has 0 aromatic rings. The van der Waals surface area contributed by atoms with Gasteiger partial charge >= 0.3 is 5.97 Å². The van der Waals surface area contributed by atoms with Crippen molar-refractivity contribution in [1.29, 1.82) is 0 Å². The molecule has 4 nitrogen and oxygen atoms in total. The van der Waals surface area contributed by atoms with Crippen molar-refractivity contribution in [3.8, 4) is 0 Å². The fourth-order valence-corrected chi connectivity index (χ4v) is 3.57. The largest absolute Gasteiger partial charge is 0.481 e. The Hall–Kier alpha value is -1.32. The molecule has 0 bridgehead atoms. The molecule has 118 valence electrons. The zero-order valence-electron chi connectivity index (χ0n) is 12.8. The van der Waals surface area contributed by atoms with Gasteiger partial charge in [-0.2, -0.15) is 0 Å². The lowest BCUT2D eigenvalue weighted by molar-refractivity contribution is -0.152. The average Bonchev–Trinajstić information content (AvgIpc) is 2.84. The summed E-state index contributed by atoms with van der Waals surface area (Å²) in [6.07, 6.45) is 12.1. The number of aliphatic carboxylic acids is 1. The normalized spacial score (nSPS) is 21.4. The second kappa shape index (κ2) is 7.62. The molecule has 2 aliphatic rings. The number of carboxylic acids is 1. The number of allylic oxidation sites excluding steroid dienone is 1. The van der Waals surface area contributed by atoms with Crippen molar-refractivity contribution < 1.29 is 14.7 Å². The molecule has 0 unspecified atom stereocenters. The molecule has 21 heavy (non-hydrogen) atoms. The van der Waals surface area contributed by atoms with E-state index in [2.05, 4.69) is 11.4 Å². The Balaban J connectivity index is 1.81. The summed E-state index contributed by atoms with van der Waals surface area (Å²) in [5.74, 6) is -0.893. The van der Waals surface area contributed by atoms with Gasteiger partial charge in [-0.25, -0.2) is 0 Å². The number of carbonyl (C=O) groups excluding carboxylic acids is 1. The predicted octanol–water partition coefficient (Wildman–Crippen LogP) is 3.42. The first kappa shape index (κ1) is 16.1. The predicted molar refractivity (Wildman–Crippen MR) is 81.9 cm³/mol. The van der Waals surface area contributed by atoms with Gasteiger partial charge in [0.1, 0.15) is 0 Å². The van der Waals surface area contributed by atoms with Crippen molar-refractivity contribution in [2.24, 2.45) is 5.41 Å². The van der Waals surface area contributed by atoms with Crippen LogP contribution >= 0.6 is 0 Å². The number of rotatable bonds is 6. The molecule has 0 heterocycles. The third-order valence-electron chi connectivity index (χ3n) is 4.92. The standard InChI is InChI=1S/C17H27NO3/c19-15(18-12-9-14-7-3-4-8-14)13-17(16(20)21)10-5-1-2-6-11-17/h7H,1-6,8-13H2,(H,18,19)(H,20,21). The fourth-order valence-electron chi connectivity index (χ4n) is 3.57. The number of nitrogens with one attached hydrogen (secondary N) is 1. The number of carboxylic acid groups (broad SMARTS) is 1. The van der Waals surface area contributed by atoms with E-state index in [0.717, 1.165) is 44.9 Å². The Labute approximate surface area is 127 Å². The Morgan fingerprint density at radius 1 is 1.14 bits per heavy atom. The topological polar surface area (TPSA) is 66.4 Å². The number of amides is 1. The minimum Gasteiger partial charge on any atom is -0.481 e. The van der Waals surface area contributed by atoms with Gasteiger partial charge in [-0.3, -0.25) is 9.59 Å². The summed E-state index contributed by atoms with van der Waals surface area (Å²) in [5, 5.41) is 12.5. The van der Waals surface area contributed by atoms with Crippen molar-refractivity contribution in [3.05, 3.63) is 11.6 Å². The molecule has 0 saturated heterocycles. The van der Waals surface area contributed by atoms with Crippen LogP contribution in [0.2, 0.25) is 0 Å². The number of carbonyl (C=O) groups is 2. The zero-order valence-corrected chi connectivity index (χ0v) is 12.8. The molecule has 4 heteroatoms. The van der Waals surface area contributed by atoms with Crippen molar-refractivity contribution in [1.82, 2.24) is 5.32 Å². The first-order chi connectivity index (χ1) is 10.1. The van der Waals surface area contributed by atoms with E-state index in [1.807, 2.05) is 0 Å². The van der Waals surface area contributed by atoms with Crippen LogP contribution in [0.5, 0.6) is 0 Å². The second-order valence-corrected chi connectivity index (χ2v) is 6.53. The van der Waals surface area contributed by atoms with Crippen LogP contribution < -0.4 is 5.32 Å². The molecule has 1 saturated carbocycles. The van der Waals surface area contributed by atoms with Crippen LogP contribution in [-0.4, -0.2) is 23.5 Å². The Kier molecular flexibility index (Phi) is 5.83. The molecule has 1 amide bonds. The highest BCUT2D eigenvalue weighted by atomic mass is 16.4. The van der Waals surface area contributed by atoms with Crippen molar-refractivity contribution in [2.45, 2.75) is 70.6 Å². The van der Waals surface area contributed by atoms with Crippen LogP contribution in [0.25, 0.3) is 0 Å². The van der Waals surface area contributed by atoms with Crippen LogP contribution in [0.15, 0.2) is 11.6 Å². The van der Waals surface area contributed by atoms with Crippen LogP contribution in [0, 0.1) is 5.41 Å². The summed E-state index contributed by atoms with van der Waals surface area (Å²) < 4.78 is 0. The van der Waals surface area contributed by atoms with Crippen molar-refractivity contribution >= 4 is 11.9 Å². The lowest BCUT2D eigenvalue weighted by Crippen LogP contribution is -2.37. The summed E-state index contributed by atoms with van der Waals surface area (Å²) in [6, 6.07) is 0. The van der Waals surface area contributed by atoms with E-state index in [9.17, 15) is 14.7 Å². The van der Waals surface area contributed by atoms with Gasteiger partial charge in [0.05, 0.1) is 5.41 Å². The summed E-state index contributed by atoms with van der Waals surface area (Å²) in [5.41, 5.74) is 0.602. The van der Waals surface area contributed by atoms with E-state index in [1.54, 1.807) is 0 Å². The van der Waals surface area contributed by atoms with E-state index in [0.29, 0.717) is 19.4 Å². The highest BCUT2D eigenvalue weighted by Gasteiger charge is 2.40. The highest BCUT2D eigenvalue weighted by Crippen LogP contribution is 2.38. The Morgan fingerprint density at radius 2 is 1.86 bits per heavy atom. The Morgan fingerprint density at radius 3 is 2.43 bits per heavy atom. The third-order valence-corrected chi connectivity index (χ3v) is 4.92. The lowest BCUT2D eigenvalue weighted by atomic mass is 9.77. The van der Waals surface area contributed by atoms with Gasteiger partial charge in [-0.1, -0.05) is 37.3 Å². The molecular weight excluding hydrogens is 266 g/mol. The van der Waals surface area contributed by atoms with E-state index in [4.69, 9.17) is 0 Å². The second-order valence-electron chi connectivity index (χ2n) is 6.53. The average molecular weight is 293 g/mol. The molecule has 0 aliphatic heterocycles. The van der Waals surface area contributed by atoms with Crippen LogP contribution in [0.4, 0.5) is 0 Å². The van der Waals surface area contributed by atoms with Crippen molar-refractivity contribution in [3.63, 3.8) is 0 Å². The molecule has 0 atom stereocenters. The van der Waals surface area contributed by atoms with Gasteiger partial charge in [-0.15, -0.1) is 0 Å². The third kappa shape index (κ3) is 4.58. The molecule has 0 aromatic heterocycles. The van der Waals surface area contributed by atoms with Gasteiger partial charge in [0.2, 0.25) is 5.91 Å². The monoisotopic (exact) mass is 293 g/mol. The number of hydrogen-bond donors (Lipinski definition) is 2. The van der Waals surface area contributed by atoms with E-state index in [-0.39, 0.29) is 12.3 Å². The summed E-state index contributed by atoms with van der Waals surface area (Å²) in [7, 11) is 0. The van der Waals surface area contributed by atoms with Gasteiger partial charge in [-0.05, 0) is 38.5 Å². The van der Waals surface area contributed by atoms with E-state index in [1.165, 1.54) is 12.0 Å². The van der Waals surface area contributed by atoms with Crippen LogP contribution in [-0.2, 0) is 9.59 Å². The zero-order chi connectivity index (χ0) is 15.1. The molecule has 1 fully saturated rings. The minimum absolute atomic E-state index is 0.0992. The molecular formula is C17H27NO3. The van der Waals surface area contributed by atoms with E-state index >= 15 is 0 Å². The molecule has 0 aromatic carbocycles. The maximum Gasteiger partial charge on any atom is 0.310 e. The van der Waals surface area contributed by atoms with E-state index < -0.39 is 11.4 Å². The summed E-state index contributed by atoms with van der Waals surface area (Å²) >= 11 is 0. The number of hydrogen-bond acceptors (Lipinski definition) is 2. The van der Waals surface area contributed by atoms with Gasteiger partial charge in [0.15, 0.2) is 0 Å². The molecule has 0 radical (unpaired) electrons. The SMILES string of the molecule is O=C(CC1(C(=O)O)CCCCCC1)NCCC1=CCCC1. The summed E-state index contributed by atoms with van der Waals surface area (Å²) in [6.45, 7) is 0.639. The quantitative estimate of drug-likeness (QED) is 0.582. The first-order valence-corrected chi connectivity index (χ1v) is 8.30. The molecule has 2 rings (SSSR count). The molecule has 0 spiro atoms. The maximum atomic E-state index is 12.1. The van der Waals surface area contributed by atoms with Gasteiger partial charge in [0.25, 0.3) is 0 Å². The highest BCUT2D eigenvalue weighted by molar-refractivity contribution is 5.85. The van der Waals surface area contributed by atoms with Crippen LogP contribution in [0.3, 0.4) is 0 Å². The van der Waals surface area contributed by atoms with Crippen molar-refractivity contribution in [2.75, 3.05) is 6.54 Å².